The normalized spacial score (nSPS) is 18.9. The molecule has 3 rings (SSSR count). The van der Waals surface area contributed by atoms with Crippen LogP contribution in [-0.4, -0.2) is 31.9 Å². The zero-order valence-corrected chi connectivity index (χ0v) is 16.2. The molecule has 9 heteroatoms. The maximum absolute atomic E-state index is 12.2. The van der Waals surface area contributed by atoms with Gasteiger partial charge in [-0.25, -0.2) is 8.42 Å². The molecule has 0 aliphatic carbocycles. The quantitative estimate of drug-likeness (QED) is 0.597. The summed E-state index contributed by atoms with van der Waals surface area (Å²) in [5.41, 5.74) is 0.403. The van der Waals surface area contributed by atoms with Gasteiger partial charge in [0.25, 0.3) is 5.91 Å². The number of benzene rings is 1. The predicted molar refractivity (Wildman–Crippen MR) is 103 cm³/mol. The molecule has 1 N–H and O–H groups in total. The lowest BCUT2D eigenvalue weighted by atomic mass is 10.2. The second-order valence-electron chi connectivity index (χ2n) is 6.05. The van der Waals surface area contributed by atoms with Crippen LogP contribution in [0.15, 0.2) is 40.3 Å². The molecule has 1 aromatic heterocycles. The maximum Gasteiger partial charge on any atom is 0.262 e. The molecule has 0 radical (unpaired) electrons. The molecule has 1 aliphatic rings. The van der Waals surface area contributed by atoms with Gasteiger partial charge in [-0.3, -0.25) is 4.79 Å². The first-order valence-corrected chi connectivity index (χ1v) is 10.5. The van der Waals surface area contributed by atoms with Crippen molar-refractivity contribution < 1.29 is 17.6 Å². The standard InChI is InChI=1S/C18H14Cl2N2O4S/c19-15-3-1-2-14(17(15)20)16-5-4-13(26-16)8-11(9-21)18(23)22-12-6-7-27(24,25)10-12/h1-5,8,12H,6-7,10H2,(H,22,23)/b11-8+/t12-/m0/s1. The molecule has 1 aromatic carbocycles. The Morgan fingerprint density at radius 1 is 1.30 bits per heavy atom. The van der Waals surface area contributed by atoms with E-state index in [9.17, 15) is 18.5 Å². The molecule has 0 unspecified atom stereocenters. The van der Waals surface area contributed by atoms with Crippen molar-refractivity contribution in [2.75, 3.05) is 11.5 Å². The van der Waals surface area contributed by atoms with E-state index in [1.165, 1.54) is 6.08 Å². The Hall–Kier alpha value is -2.27. The molecule has 1 saturated heterocycles. The topological polar surface area (TPSA) is 100 Å². The van der Waals surface area contributed by atoms with Gasteiger partial charge in [0, 0.05) is 17.7 Å². The van der Waals surface area contributed by atoms with Crippen molar-refractivity contribution >= 4 is 45.0 Å². The lowest BCUT2D eigenvalue weighted by molar-refractivity contribution is -0.117. The number of sulfone groups is 1. The minimum atomic E-state index is -3.13. The highest BCUT2D eigenvalue weighted by atomic mass is 35.5. The number of halogens is 2. The van der Waals surface area contributed by atoms with Gasteiger partial charge >= 0.3 is 0 Å². The Bertz CT molecular complexity index is 1070. The number of rotatable bonds is 4. The van der Waals surface area contributed by atoms with Gasteiger partial charge in [0.2, 0.25) is 0 Å². The molecular weight excluding hydrogens is 411 g/mol. The van der Waals surface area contributed by atoms with Crippen molar-refractivity contribution in [3.8, 4) is 17.4 Å². The third-order valence-corrected chi connectivity index (χ3v) is 6.65. The van der Waals surface area contributed by atoms with Crippen LogP contribution in [0.5, 0.6) is 0 Å². The van der Waals surface area contributed by atoms with E-state index < -0.39 is 21.8 Å². The van der Waals surface area contributed by atoms with Crippen LogP contribution >= 0.6 is 23.2 Å². The molecule has 0 saturated carbocycles. The average Bonchev–Trinajstić information content (AvgIpc) is 3.21. The van der Waals surface area contributed by atoms with Gasteiger partial charge in [-0.05, 0) is 30.7 Å². The number of carbonyl (C=O) groups excluding carboxylic acids is 1. The summed E-state index contributed by atoms with van der Waals surface area (Å²) >= 11 is 12.2. The zero-order valence-electron chi connectivity index (χ0n) is 13.9. The highest BCUT2D eigenvalue weighted by Crippen LogP contribution is 2.34. The summed E-state index contributed by atoms with van der Waals surface area (Å²) in [6.07, 6.45) is 1.63. The minimum absolute atomic E-state index is 0.0332. The number of amides is 1. The second-order valence-corrected chi connectivity index (χ2v) is 9.06. The van der Waals surface area contributed by atoms with E-state index >= 15 is 0 Å². The number of furan rings is 1. The summed E-state index contributed by atoms with van der Waals surface area (Å²) in [7, 11) is -3.13. The molecule has 27 heavy (non-hydrogen) atoms. The van der Waals surface area contributed by atoms with Gasteiger partial charge in [-0.1, -0.05) is 29.3 Å². The van der Waals surface area contributed by atoms with Gasteiger partial charge in [-0.2, -0.15) is 5.26 Å². The van der Waals surface area contributed by atoms with Crippen molar-refractivity contribution in [3.63, 3.8) is 0 Å². The Morgan fingerprint density at radius 3 is 2.74 bits per heavy atom. The van der Waals surface area contributed by atoms with Crippen LogP contribution in [0.3, 0.4) is 0 Å². The Labute approximate surface area is 166 Å². The lowest BCUT2D eigenvalue weighted by Crippen LogP contribution is -2.36. The average molecular weight is 425 g/mol. The second kappa shape index (κ2) is 7.77. The Morgan fingerprint density at radius 2 is 2.07 bits per heavy atom. The van der Waals surface area contributed by atoms with Crippen LogP contribution < -0.4 is 5.32 Å². The highest BCUT2D eigenvalue weighted by molar-refractivity contribution is 7.91. The molecule has 2 aromatic rings. The van der Waals surface area contributed by atoms with Gasteiger partial charge in [0.1, 0.15) is 23.2 Å². The largest absolute Gasteiger partial charge is 0.457 e. The third-order valence-electron chi connectivity index (χ3n) is 4.06. The first kappa shape index (κ1) is 19.5. The van der Waals surface area contributed by atoms with Gasteiger partial charge in [0.15, 0.2) is 9.84 Å². The van der Waals surface area contributed by atoms with Crippen LogP contribution in [-0.2, 0) is 14.6 Å². The molecule has 1 fully saturated rings. The van der Waals surface area contributed by atoms with E-state index in [0.717, 1.165) is 0 Å². The lowest BCUT2D eigenvalue weighted by Gasteiger charge is -2.09. The molecule has 1 aliphatic heterocycles. The fourth-order valence-corrected chi connectivity index (χ4v) is 4.80. The molecule has 1 atom stereocenters. The Balaban J connectivity index is 1.79. The number of nitrogens with zero attached hydrogens (tertiary/aromatic N) is 1. The predicted octanol–water partition coefficient (Wildman–Crippen LogP) is 3.46. The molecule has 2 heterocycles. The van der Waals surface area contributed by atoms with Crippen molar-refractivity contribution in [2.45, 2.75) is 12.5 Å². The summed E-state index contributed by atoms with van der Waals surface area (Å²) < 4.78 is 28.6. The molecule has 140 valence electrons. The third kappa shape index (κ3) is 4.53. The van der Waals surface area contributed by atoms with Crippen LogP contribution in [0.25, 0.3) is 17.4 Å². The maximum atomic E-state index is 12.2. The van der Waals surface area contributed by atoms with Crippen molar-refractivity contribution in [1.29, 1.82) is 5.26 Å². The molecule has 0 bridgehead atoms. The van der Waals surface area contributed by atoms with Crippen LogP contribution in [0, 0.1) is 11.3 Å². The summed E-state index contributed by atoms with van der Waals surface area (Å²) in [4.78, 5) is 12.2. The molecule has 1 amide bonds. The van der Waals surface area contributed by atoms with E-state index in [-0.39, 0.29) is 22.8 Å². The monoisotopic (exact) mass is 424 g/mol. The van der Waals surface area contributed by atoms with E-state index in [2.05, 4.69) is 5.32 Å². The smallest absolute Gasteiger partial charge is 0.262 e. The van der Waals surface area contributed by atoms with E-state index in [1.807, 2.05) is 0 Å². The summed E-state index contributed by atoms with van der Waals surface area (Å²) in [5.74, 6) is -0.000336. The highest BCUT2D eigenvalue weighted by Gasteiger charge is 2.29. The minimum Gasteiger partial charge on any atom is -0.457 e. The summed E-state index contributed by atoms with van der Waals surface area (Å²) in [6.45, 7) is 0. The van der Waals surface area contributed by atoms with E-state index in [0.29, 0.717) is 27.8 Å². The molecule has 0 spiro atoms. The number of carbonyl (C=O) groups is 1. The van der Waals surface area contributed by atoms with Crippen LogP contribution in [0.4, 0.5) is 0 Å². The first-order valence-electron chi connectivity index (χ1n) is 7.96. The first-order chi connectivity index (χ1) is 12.8. The van der Waals surface area contributed by atoms with Crippen LogP contribution in [0.2, 0.25) is 10.0 Å². The summed E-state index contributed by atoms with van der Waals surface area (Å²) in [6, 6.07) is 9.68. The SMILES string of the molecule is N#C/C(=C\c1ccc(-c2cccc(Cl)c2Cl)o1)C(=O)N[C@H]1CCS(=O)(=O)C1. The fraction of sp³-hybridized carbons (Fsp3) is 0.222. The van der Waals surface area contributed by atoms with Gasteiger partial charge in [-0.15, -0.1) is 0 Å². The van der Waals surface area contributed by atoms with Crippen molar-refractivity contribution in [1.82, 2.24) is 5.32 Å². The number of hydrogen-bond donors (Lipinski definition) is 1. The molecular formula is C18H14Cl2N2O4S. The van der Waals surface area contributed by atoms with E-state index in [1.54, 1.807) is 36.4 Å². The van der Waals surface area contributed by atoms with Crippen molar-refractivity contribution in [2.24, 2.45) is 0 Å². The zero-order chi connectivity index (χ0) is 19.6. The van der Waals surface area contributed by atoms with Crippen LogP contribution in [0.1, 0.15) is 12.2 Å². The summed E-state index contributed by atoms with van der Waals surface area (Å²) in [5, 5.41) is 12.6. The van der Waals surface area contributed by atoms with Gasteiger partial charge in [0.05, 0.1) is 21.6 Å². The number of nitrogens with one attached hydrogen (secondary N) is 1. The van der Waals surface area contributed by atoms with Gasteiger partial charge < -0.3 is 9.73 Å². The fourth-order valence-electron chi connectivity index (χ4n) is 2.73. The number of nitriles is 1. The number of hydrogen-bond acceptors (Lipinski definition) is 5. The van der Waals surface area contributed by atoms with Crippen molar-refractivity contribution in [3.05, 3.63) is 51.7 Å². The molecule has 6 nitrogen and oxygen atoms in total. The van der Waals surface area contributed by atoms with E-state index in [4.69, 9.17) is 27.6 Å². The Kier molecular flexibility index (Phi) is 5.61.